The molecule has 4 aliphatic carbocycles. The summed E-state index contributed by atoms with van der Waals surface area (Å²) >= 11 is 0. The van der Waals surface area contributed by atoms with Crippen LogP contribution in [0.5, 0.6) is 5.75 Å². The molecule has 8 rings (SSSR count). The number of rotatable bonds is 7. The lowest BCUT2D eigenvalue weighted by atomic mass is 9.46. The van der Waals surface area contributed by atoms with Gasteiger partial charge in [0.05, 0.1) is 17.9 Å². The molecule has 12 heteroatoms. The van der Waals surface area contributed by atoms with Crippen LogP contribution in [-0.4, -0.2) is 64.0 Å². The maximum absolute atomic E-state index is 14.3. The van der Waals surface area contributed by atoms with Gasteiger partial charge in [-0.3, -0.25) is 14.1 Å². The minimum absolute atomic E-state index is 0.00133. The molecule has 2 aromatic carbocycles. The predicted molar refractivity (Wildman–Crippen MR) is 177 cm³/mol. The number of ether oxygens (including phenoxy) is 3. The number of hydrogen-bond acceptors (Lipinski definition) is 9. The van der Waals surface area contributed by atoms with Crippen molar-refractivity contribution < 1.29 is 47.8 Å². The number of anilines is 1. The quantitative estimate of drug-likeness (QED) is 0.295. The normalized spacial score (nSPS) is 37.5. The molecule has 2 aliphatic heterocycles. The number of nitrogens with one attached hydrogen (secondary N) is 1. The number of fused-ring (bicyclic) bond motifs is 8. The molecule has 9 atom stereocenters. The number of ketones is 2. The van der Waals surface area contributed by atoms with Crippen LogP contribution in [0.15, 0.2) is 66.3 Å². The van der Waals surface area contributed by atoms with Crippen LogP contribution in [0.25, 0.3) is 0 Å². The van der Waals surface area contributed by atoms with E-state index in [2.05, 4.69) is 18.3 Å². The first-order valence-electron chi connectivity index (χ1n) is 17.1. The van der Waals surface area contributed by atoms with Gasteiger partial charge >= 0.3 is 7.82 Å². The van der Waals surface area contributed by atoms with Crippen LogP contribution in [0, 0.1) is 28.6 Å². The van der Waals surface area contributed by atoms with Crippen molar-refractivity contribution in [3.05, 3.63) is 83.0 Å². The van der Waals surface area contributed by atoms with E-state index < -0.39 is 55.1 Å². The van der Waals surface area contributed by atoms with Crippen molar-refractivity contribution in [1.29, 1.82) is 0 Å². The number of allylic oxidation sites excluding steroid dienone is 4. The lowest BCUT2D eigenvalue weighted by molar-refractivity contribution is -0.200. The molecule has 4 N–H and O–H groups in total. The summed E-state index contributed by atoms with van der Waals surface area (Å²) < 4.78 is 35.6. The summed E-state index contributed by atoms with van der Waals surface area (Å²) in [4.78, 5) is 45.5. The Bertz CT molecular complexity index is 1800. The number of Topliss-reactive ketones (excluding diaryl/α,β-unsaturated/α-hetero) is 1. The van der Waals surface area contributed by atoms with E-state index in [4.69, 9.17) is 18.7 Å². The highest BCUT2D eigenvalue weighted by atomic mass is 31.2. The Hall–Kier alpha value is -3.15. The molecule has 4 fully saturated rings. The first-order chi connectivity index (χ1) is 23.3. The Labute approximate surface area is 284 Å². The summed E-state index contributed by atoms with van der Waals surface area (Å²) in [5, 5.41) is 15.3. The molecule has 2 aromatic rings. The van der Waals surface area contributed by atoms with E-state index in [1.54, 1.807) is 12.2 Å². The summed E-state index contributed by atoms with van der Waals surface area (Å²) in [7, 11) is -4.96. The maximum atomic E-state index is 14.3. The van der Waals surface area contributed by atoms with E-state index in [9.17, 15) is 29.0 Å². The topological polar surface area (TPSA) is 161 Å². The van der Waals surface area contributed by atoms with Gasteiger partial charge in [0.15, 0.2) is 23.5 Å². The number of benzene rings is 2. The fraction of sp³-hybridized carbons (Fsp3) is 0.514. The average Bonchev–Trinajstić information content (AvgIpc) is 3.57. The van der Waals surface area contributed by atoms with Crippen molar-refractivity contribution in [2.24, 2.45) is 28.6 Å². The van der Waals surface area contributed by atoms with Gasteiger partial charge < -0.3 is 34.4 Å². The Morgan fingerprint density at radius 3 is 2.67 bits per heavy atom. The second-order valence-electron chi connectivity index (χ2n) is 15.0. The standard InChI is InChI=1S/C37H42NO10P/c1-35-12-11-25(39)17-24(35)8-9-26-27-18-32-37(31(41)20-46-49(42,43)44,36(27,2)19-29(40)33(26)35)48-34(47-32)23-6-3-21(4-7-23)15-22-5-10-28-30(16-22)45-14-13-38-28/h3-7,10-12,16-17,26-27,29,32-34,38,40H,8-9,13-15,18-20H2,1-2H3,(H2,42,43,44)/t26-,27-,29-,32+,33+,34+,35-,36-,37+/m0/s1. The smallest absolute Gasteiger partial charge is 0.470 e. The summed E-state index contributed by atoms with van der Waals surface area (Å²) in [5.41, 5.74) is 1.88. The molecule has 0 radical (unpaired) electrons. The van der Waals surface area contributed by atoms with Gasteiger partial charge in [-0.15, -0.1) is 0 Å². The highest BCUT2D eigenvalue weighted by Crippen LogP contribution is 2.70. The monoisotopic (exact) mass is 691 g/mol. The highest BCUT2D eigenvalue weighted by Gasteiger charge is 2.76. The molecule has 1 saturated heterocycles. The number of aliphatic hydroxyl groups excluding tert-OH is 1. The maximum Gasteiger partial charge on any atom is 0.470 e. The molecule has 6 aliphatic rings. The minimum atomic E-state index is -4.96. The summed E-state index contributed by atoms with van der Waals surface area (Å²) in [6.45, 7) is 4.59. The van der Waals surface area contributed by atoms with Gasteiger partial charge in [0.25, 0.3) is 0 Å². The number of carbonyl (C=O) groups excluding carboxylic acids is 2. The zero-order valence-electron chi connectivity index (χ0n) is 27.5. The van der Waals surface area contributed by atoms with Crippen molar-refractivity contribution in [3.8, 4) is 5.75 Å². The van der Waals surface area contributed by atoms with Crippen LogP contribution in [0.2, 0.25) is 0 Å². The number of hydrogen-bond donors (Lipinski definition) is 4. The van der Waals surface area contributed by atoms with Gasteiger partial charge in [0, 0.05) is 28.9 Å². The molecule has 0 unspecified atom stereocenters. The van der Waals surface area contributed by atoms with Crippen LogP contribution in [0.1, 0.15) is 62.5 Å². The minimum Gasteiger partial charge on any atom is -0.490 e. The van der Waals surface area contributed by atoms with E-state index >= 15 is 0 Å². The zero-order chi connectivity index (χ0) is 34.3. The molecule has 49 heavy (non-hydrogen) atoms. The summed E-state index contributed by atoms with van der Waals surface area (Å²) in [6.07, 6.45) is 5.59. The molecule has 0 aromatic heterocycles. The van der Waals surface area contributed by atoms with Gasteiger partial charge in [0.2, 0.25) is 0 Å². The number of carbonyl (C=O) groups is 2. The summed E-state index contributed by atoms with van der Waals surface area (Å²) in [6, 6.07) is 14.0. The van der Waals surface area contributed by atoms with Crippen molar-refractivity contribution in [2.45, 2.75) is 70.1 Å². The first kappa shape index (κ1) is 33.0. The predicted octanol–water partition coefficient (Wildman–Crippen LogP) is 4.80. The zero-order valence-corrected chi connectivity index (χ0v) is 28.4. The largest absolute Gasteiger partial charge is 0.490 e. The molecule has 3 saturated carbocycles. The molecular weight excluding hydrogens is 649 g/mol. The Morgan fingerprint density at radius 2 is 1.90 bits per heavy atom. The molecule has 2 heterocycles. The lowest BCUT2D eigenvalue weighted by Crippen LogP contribution is -2.63. The van der Waals surface area contributed by atoms with E-state index in [1.165, 1.54) is 0 Å². The van der Waals surface area contributed by atoms with Crippen LogP contribution in [0.3, 0.4) is 0 Å². The van der Waals surface area contributed by atoms with Crippen molar-refractivity contribution >= 4 is 25.1 Å². The molecule has 0 amide bonds. The Morgan fingerprint density at radius 1 is 1.12 bits per heavy atom. The third kappa shape index (κ3) is 5.28. The van der Waals surface area contributed by atoms with E-state index in [0.29, 0.717) is 31.4 Å². The fourth-order valence-electron chi connectivity index (χ4n) is 10.3. The Balaban J connectivity index is 1.08. The van der Waals surface area contributed by atoms with Crippen molar-refractivity contribution in [2.75, 3.05) is 25.1 Å². The molecule has 260 valence electrons. The van der Waals surface area contributed by atoms with Crippen molar-refractivity contribution in [3.63, 3.8) is 0 Å². The van der Waals surface area contributed by atoms with Gasteiger partial charge in [-0.1, -0.05) is 55.8 Å². The molecular formula is C37H42NO10P. The SMILES string of the molecule is C[C@]12C=CC(=O)C=C1CC[C@@H]1[C@@H]2[C@@H](O)C[C@@]2(C)[C@H]1C[C@H]1O[C@@H](c3ccc(Cc4ccc5c(c4)OCCN5)cc3)O[C@]12C(=O)COP(=O)(O)O. The van der Waals surface area contributed by atoms with Gasteiger partial charge in [-0.2, -0.15) is 0 Å². The first-order valence-corrected chi connectivity index (χ1v) is 18.6. The lowest BCUT2D eigenvalue weighted by Gasteiger charge is -2.59. The molecule has 11 nitrogen and oxygen atoms in total. The van der Waals surface area contributed by atoms with E-state index in [1.807, 2.05) is 49.4 Å². The van der Waals surface area contributed by atoms with E-state index in [-0.39, 0.29) is 30.0 Å². The molecule has 0 bridgehead atoms. The third-order valence-electron chi connectivity index (χ3n) is 12.4. The summed E-state index contributed by atoms with van der Waals surface area (Å²) in [5.74, 6) is -0.0700. The van der Waals surface area contributed by atoms with E-state index in [0.717, 1.165) is 41.1 Å². The fourth-order valence-corrected chi connectivity index (χ4v) is 10.6. The highest BCUT2D eigenvalue weighted by molar-refractivity contribution is 7.46. The van der Waals surface area contributed by atoms with Gasteiger partial charge in [-0.05, 0) is 79.4 Å². The van der Waals surface area contributed by atoms with Crippen LogP contribution >= 0.6 is 7.82 Å². The van der Waals surface area contributed by atoms with Crippen LogP contribution < -0.4 is 10.1 Å². The second kappa shape index (κ2) is 11.7. The number of phosphoric ester groups is 1. The Kier molecular flexibility index (Phi) is 7.88. The third-order valence-corrected chi connectivity index (χ3v) is 12.9. The number of aliphatic hydroxyl groups is 1. The van der Waals surface area contributed by atoms with Crippen LogP contribution in [-0.2, 0) is 34.6 Å². The average molecular weight is 692 g/mol. The number of phosphoric acid groups is 1. The van der Waals surface area contributed by atoms with Crippen LogP contribution in [0.4, 0.5) is 5.69 Å². The van der Waals surface area contributed by atoms with Gasteiger partial charge in [-0.25, -0.2) is 4.57 Å². The van der Waals surface area contributed by atoms with Gasteiger partial charge in [0.1, 0.15) is 19.0 Å². The second-order valence-corrected chi connectivity index (χ2v) is 16.2. The van der Waals surface area contributed by atoms with Crippen molar-refractivity contribution in [1.82, 2.24) is 0 Å². The molecule has 0 spiro atoms.